The van der Waals surface area contributed by atoms with Gasteiger partial charge in [0.05, 0.1) is 19.2 Å². The monoisotopic (exact) mass is 553 g/mol. The zero-order valence-corrected chi connectivity index (χ0v) is 21.6. The molecule has 0 aliphatic carbocycles. The summed E-state index contributed by atoms with van der Waals surface area (Å²) in [6, 6.07) is 7.62. The predicted molar refractivity (Wildman–Crippen MR) is 139 cm³/mol. The van der Waals surface area contributed by atoms with Crippen molar-refractivity contribution in [2.75, 3.05) is 19.7 Å². The van der Waals surface area contributed by atoms with E-state index in [2.05, 4.69) is 25.9 Å². The molecule has 2 aliphatic heterocycles. The molecular weight excluding hydrogens is 529 g/mol. The van der Waals surface area contributed by atoms with Crippen molar-refractivity contribution >= 4 is 34.4 Å². The van der Waals surface area contributed by atoms with Crippen molar-refractivity contribution in [3.63, 3.8) is 0 Å². The van der Waals surface area contributed by atoms with E-state index in [-0.39, 0.29) is 18.5 Å². The average Bonchev–Trinajstić information content (AvgIpc) is 3.45. The van der Waals surface area contributed by atoms with Crippen molar-refractivity contribution in [2.45, 2.75) is 38.6 Å². The second-order valence-electron chi connectivity index (χ2n) is 9.48. The van der Waals surface area contributed by atoms with Crippen molar-refractivity contribution in [1.29, 1.82) is 0 Å². The molecule has 1 unspecified atom stereocenters. The van der Waals surface area contributed by atoms with Gasteiger partial charge in [-0.1, -0.05) is 23.7 Å². The first kappa shape index (κ1) is 25.5. The molecular formula is C27H25ClFN5O5. The Hall–Kier alpha value is -3.80. The number of carboxylic acids is 1. The third-order valence-electron chi connectivity index (χ3n) is 6.88. The van der Waals surface area contributed by atoms with Crippen LogP contribution in [-0.4, -0.2) is 61.3 Å². The number of hydrogen-bond acceptors (Lipinski definition) is 8. The maximum atomic E-state index is 14.1. The highest BCUT2D eigenvalue weighted by Gasteiger charge is 2.26. The smallest absolute Gasteiger partial charge is 0.371 e. The van der Waals surface area contributed by atoms with Crippen molar-refractivity contribution in [3.05, 3.63) is 76.4 Å². The summed E-state index contributed by atoms with van der Waals surface area (Å²) in [6.45, 7) is 3.34. The molecule has 0 saturated carbocycles. The molecule has 4 aromatic rings. The molecule has 39 heavy (non-hydrogen) atoms. The van der Waals surface area contributed by atoms with Crippen LogP contribution in [0.1, 0.15) is 40.6 Å². The first-order valence-corrected chi connectivity index (χ1v) is 13.0. The van der Waals surface area contributed by atoms with Gasteiger partial charge in [-0.15, -0.1) is 0 Å². The summed E-state index contributed by atoms with van der Waals surface area (Å²) in [6.07, 6.45) is 5.47. The van der Waals surface area contributed by atoms with Crippen LogP contribution in [0.3, 0.4) is 0 Å². The normalized spacial score (nSPS) is 17.7. The number of carboxylic acid groups (broad SMARTS) is 1. The van der Waals surface area contributed by atoms with E-state index in [9.17, 15) is 14.3 Å². The standard InChI is InChI=1S/C27H25ClFN5O5/c28-18-2-1-17(20(29)11-18)15-38-24-3-7-30-25(32-24)16-4-8-33(9-5-16)14-23-31-26-21(12-22(39-26)27(35)36)34(23)13-19-6-10-37-19/h1-4,7,11-12,19H,5-6,8-10,13-15H2,(H,35,36). The number of hydrogen-bond donors (Lipinski definition) is 1. The van der Waals surface area contributed by atoms with Crippen LogP contribution in [0.4, 0.5) is 4.39 Å². The van der Waals surface area contributed by atoms with E-state index in [1.54, 1.807) is 24.4 Å². The summed E-state index contributed by atoms with van der Waals surface area (Å²) in [5, 5.41) is 9.63. The second kappa shape index (κ2) is 10.8. The average molecular weight is 554 g/mol. The topological polar surface area (TPSA) is 116 Å². The number of imidazole rings is 1. The van der Waals surface area contributed by atoms with Crippen LogP contribution in [0.2, 0.25) is 5.02 Å². The molecule has 1 fully saturated rings. The maximum Gasteiger partial charge on any atom is 0.371 e. The summed E-state index contributed by atoms with van der Waals surface area (Å²) in [7, 11) is 0. The molecule has 10 nitrogen and oxygen atoms in total. The van der Waals surface area contributed by atoms with Crippen molar-refractivity contribution in [1.82, 2.24) is 24.4 Å². The first-order chi connectivity index (χ1) is 18.9. The van der Waals surface area contributed by atoms with Gasteiger partial charge in [-0.2, -0.15) is 9.97 Å². The number of halogens is 2. The third kappa shape index (κ3) is 5.51. The lowest BCUT2D eigenvalue weighted by Crippen LogP contribution is -2.33. The molecule has 0 bridgehead atoms. The van der Waals surface area contributed by atoms with Gasteiger partial charge in [-0.25, -0.2) is 14.2 Å². The number of aromatic carboxylic acids is 1. The van der Waals surface area contributed by atoms with Gasteiger partial charge in [0, 0.05) is 48.6 Å². The molecule has 0 amide bonds. The van der Waals surface area contributed by atoms with Crippen LogP contribution in [0.25, 0.3) is 16.8 Å². The Balaban J connectivity index is 1.13. The summed E-state index contributed by atoms with van der Waals surface area (Å²) in [5.74, 6) is 0.0603. The van der Waals surface area contributed by atoms with Crippen molar-refractivity contribution in [3.8, 4) is 5.88 Å². The molecule has 12 heteroatoms. The Bertz CT molecular complexity index is 1560. The Morgan fingerprint density at radius 1 is 1.26 bits per heavy atom. The summed E-state index contributed by atoms with van der Waals surface area (Å²) in [5.41, 5.74) is 2.37. The van der Waals surface area contributed by atoms with E-state index in [4.69, 9.17) is 25.5 Å². The van der Waals surface area contributed by atoms with E-state index in [0.29, 0.717) is 53.2 Å². The van der Waals surface area contributed by atoms with Crippen LogP contribution in [0.15, 0.2) is 47.0 Å². The fraction of sp³-hybridized carbons (Fsp3) is 0.333. The van der Waals surface area contributed by atoms with Gasteiger partial charge >= 0.3 is 5.97 Å². The number of nitrogens with zero attached hydrogens (tertiary/aromatic N) is 5. The van der Waals surface area contributed by atoms with Crippen LogP contribution in [0, 0.1) is 5.82 Å². The minimum atomic E-state index is -1.12. The highest BCUT2D eigenvalue weighted by atomic mass is 35.5. The molecule has 3 aromatic heterocycles. The molecule has 0 spiro atoms. The molecule has 1 N–H and O–H groups in total. The molecule has 1 atom stereocenters. The first-order valence-electron chi connectivity index (χ1n) is 12.6. The molecule has 0 radical (unpaired) electrons. The van der Waals surface area contributed by atoms with E-state index in [0.717, 1.165) is 37.4 Å². The van der Waals surface area contributed by atoms with Crippen LogP contribution >= 0.6 is 11.6 Å². The Labute approximate surface area is 227 Å². The largest absolute Gasteiger partial charge is 0.475 e. The van der Waals surface area contributed by atoms with Gasteiger partial charge in [0.25, 0.3) is 0 Å². The van der Waals surface area contributed by atoms with E-state index < -0.39 is 11.8 Å². The fourth-order valence-electron chi connectivity index (χ4n) is 4.65. The van der Waals surface area contributed by atoms with Gasteiger partial charge in [0.2, 0.25) is 17.4 Å². The Kier molecular flexibility index (Phi) is 7.03. The molecule has 1 saturated heterocycles. The summed E-state index contributed by atoms with van der Waals surface area (Å²) < 4.78 is 32.8. The highest BCUT2D eigenvalue weighted by molar-refractivity contribution is 6.30. The van der Waals surface area contributed by atoms with E-state index in [1.165, 1.54) is 12.1 Å². The second-order valence-corrected chi connectivity index (χ2v) is 9.92. The highest BCUT2D eigenvalue weighted by Crippen LogP contribution is 2.27. The van der Waals surface area contributed by atoms with E-state index >= 15 is 0 Å². The predicted octanol–water partition coefficient (Wildman–Crippen LogP) is 4.57. The number of ether oxygens (including phenoxy) is 2. The number of rotatable bonds is 9. The lowest BCUT2D eigenvalue weighted by atomic mass is 10.1. The van der Waals surface area contributed by atoms with Crippen LogP contribution < -0.4 is 4.74 Å². The SMILES string of the molecule is O=C(O)c1cc2c(nc(CN3CC=C(c4nccc(OCc5ccc(Cl)cc5F)n4)CC3)n2CC2CCO2)o1. The number of benzene rings is 1. The number of carbonyl (C=O) groups is 1. The number of aromatic nitrogens is 4. The van der Waals surface area contributed by atoms with Gasteiger partial charge < -0.3 is 23.6 Å². The molecule has 1 aromatic carbocycles. The van der Waals surface area contributed by atoms with Gasteiger partial charge in [-0.05, 0) is 30.5 Å². The van der Waals surface area contributed by atoms with Gasteiger partial charge in [0.15, 0.2) is 5.82 Å². The lowest BCUT2D eigenvalue weighted by molar-refractivity contribution is -0.0591. The third-order valence-corrected chi connectivity index (χ3v) is 7.12. The minimum absolute atomic E-state index is 0.0294. The Morgan fingerprint density at radius 3 is 2.85 bits per heavy atom. The summed E-state index contributed by atoms with van der Waals surface area (Å²) in [4.78, 5) is 27.1. The lowest BCUT2D eigenvalue weighted by Gasteiger charge is -2.29. The minimum Gasteiger partial charge on any atom is -0.475 e. The fourth-order valence-corrected chi connectivity index (χ4v) is 4.81. The van der Waals surface area contributed by atoms with Crippen molar-refractivity contribution in [2.24, 2.45) is 0 Å². The number of fused-ring (bicyclic) bond motifs is 1. The molecule has 6 rings (SSSR count). The molecule has 202 valence electrons. The quantitative estimate of drug-likeness (QED) is 0.318. The maximum absolute atomic E-state index is 14.1. The molecule has 2 aliphatic rings. The van der Waals surface area contributed by atoms with Crippen molar-refractivity contribution < 1.29 is 28.2 Å². The van der Waals surface area contributed by atoms with E-state index in [1.807, 2.05) is 4.57 Å². The zero-order chi connectivity index (χ0) is 26.9. The van der Waals surface area contributed by atoms with Gasteiger partial charge in [-0.3, -0.25) is 4.90 Å². The number of furan rings is 1. The zero-order valence-electron chi connectivity index (χ0n) is 20.8. The van der Waals surface area contributed by atoms with Crippen LogP contribution in [0.5, 0.6) is 5.88 Å². The van der Waals surface area contributed by atoms with Crippen LogP contribution in [-0.2, 0) is 24.4 Å². The Morgan fingerprint density at radius 2 is 2.13 bits per heavy atom. The summed E-state index contributed by atoms with van der Waals surface area (Å²) >= 11 is 5.82. The van der Waals surface area contributed by atoms with Gasteiger partial charge in [0.1, 0.15) is 23.8 Å². The molecule has 5 heterocycles.